The Balaban J connectivity index is 1.45. The lowest BCUT2D eigenvalue weighted by molar-refractivity contribution is 0.319. The highest BCUT2D eigenvalue weighted by Crippen LogP contribution is 2.28. The number of halogens is 1. The van der Waals surface area contributed by atoms with Crippen LogP contribution in [0.2, 0.25) is 0 Å². The molecule has 0 amide bonds. The van der Waals surface area contributed by atoms with Gasteiger partial charge in [-0.05, 0) is 23.8 Å². The van der Waals surface area contributed by atoms with Crippen LogP contribution >= 0.6 is 0 Å². The zero-order valence-corrected chi connectivity index (χ0v) is 13.8. The maximum Gasteiger partial charge on any atom is 0.226 e. The Hall–Kier alpha value is -2.50. The second-order valence-electron chi connectivity index (χ2n) is 6.53. The largest absolute Gasteiger partial charge is 0.444 e. The molecule has 0 unspecified atom stereocenters. The van der Waals surface area contributed by atoms with Gasteiger partial charge >= 0.3 is 0 Å². The van der Waals surface area contributed by atoms with E-state index in [-0.39, 0.29) is 11.9 Å². The molecule has 2 aromatic carbocycles. The van der Waals surface area contributed by atoms with Crippen molar-refractivity contribution in [3.63, 3.8) is 0 Å². The molecule has 0 spiro atoms. The van der Waals surface area contributed by atoms with E-state index >= 15 is 0 Å². The van der Waals surface area contributed by atoms with Crippen molar-refractivity contribution in [3.05, 3.63) is 77.9 Å². The van der Waals surface area contributed by atoms with E-state index in [9.17, 15) is 4.39 Å². The Morgan fingerprint density at radius 1 is 1.12 bits per heavy atom. The van der Waals surface area contributed by atoms with Crippen molar-refractivity contribution in [1.29, 1.82) is 0 Å². The fourth-order valence-corrected chi connectivity index (χ4v) is 3.46. The Morgan fingerprint density at radius 3 is 2.76 bits per heavy atom. The molecule has 128 valence electrons. The van der Waals surface area contributed by atoms with Gasteiger partial charge in [-0.15, -0.1) is 0 Å². The second-order valence-corrected chi connectivity index (χ2v) is 6.53. The zero-order valence-electron chi connectivity index (χ0n) is 13.8. The van der Waals surface area contributed by atoms with E-state index in [1.165, 1.54) is 17.7 Å². The molecular formula is C20H20FN3O. The summed E-state index contributed by atoms with van der Waals surface area (Å²) in [4.78, 5) is 6.78. The van der Waals surface area contributed by atoms with Gasteiger partial charge in [0.05, 0.1) is 5.69 Å². The third-order valence-corrected chi connectivity index (χ3v) is 4.68. The molecule has 1 fully saturated rings. The van der Waals surface area contributed by atoms with Gasteiger partial charge in [-0.1, -0.05) is 36.4 Å². The number of hydrogen-bond acceptors (Lipinski definition) is 4. The summed E-state index contributed by atoms with van der Waals surface area (Å²) in [7, 11) is 0. The molecule has 1 aromatic heterocycles. The van der Waals surface area contributed by atoms with Crippen LogP contribution in [0, 0.1) is 5.82 Å². The van der Waals surface area contributed by atoms with Crippen molar-refractivity contribution in [1.82, 2.24) is 9.88 Å². The van der Waals surface area contributed by atoms with E-state index in [1.807, 2.05) is 18.2 Å². The number of nitrogens with two attached hydrogens (primary N) is 1. The van der Waals surface area contributed by atoms with E-state index in [4.69, 9.17) is 10.2 Å². The molecule has 4 nitrogen and oxygen atoms in total. The number of hydrogen-bond donors (Lipinski definition) is 1. The third-order valence-electron chi connectivity index (χ3n) is 4.68. The highest BCUT2D eigenvalue weighted by Gasteiger charge is 2.31. The Kier molecular flexibility index (Phi) is 4.34. The minimum absolute atomic E-state index is 0.108. The first-order valence-corrected chi connectivity index (χ1v) is 8.42. The molecule has 3 aromatic rings. The SMILES string of the molecule is N[C@@H]1CN(Cc2coc(-c3cccc(F)c3)n2)C[C@H]1c1ccccc1. The fraction of sp³-hybridized carbons (Fsp3) is 0.250. The van der Waals surface area contributed by atoms with Crippen LogP contribution in [-0.2, 0) is 6.54 Å². The van der Waals surface area contributed by atoms with Gasteiger partial charge in [0.25, 0.3) is 0 Å². The van der Waals surface area contributed by atoms with Gasteiger partial charge in [0.15, 0.2) is 0 Å². The van der Waals surface area contributed by atoms with Crippen molar-refractivity contribution < 1.29 is 8.81 Å². The first kappa shape index (κ1) is 16.0. The van der Waals surface area contributed by atoms with Crippen LogP contribution in [0.25, 0.3) is 11.5 Å². The number of nitrogens with zero attached hydrogens (tertiary/aromatic N) is 2. The van der Waals surface area contributed by atoms with Crippen molar-refractivity contribution in [2.24, 2.45) is 5.73 Å². The monoisotopic (exact) mass is 337 g/mol. The maximum absolute atomic E-state index is 13.3. The topological polar surface area (TPSA) is 55.3 Å². The third kappa shape index (κ3) is 3.48. The lowest BCUT2D eigenvalue weighted by Gasteiger charge is -2.14. The highest BCUT2D eigenvalue weighted by molar-refractivity contribution is 5.52. The Labute approximate surface area is 146 Å². The summed E-state index contributed by atoms with van der Waals surface area (Å²) in [6.07, 6.45) is 1.64. The molecule has 2 heterocycles. The minimum Gasteiger partial charge on any atom is -0.444 e. The van der Waals surface area contributed by atoms with E-state index in [0.29, 0.717) is 23.9 Å². The van der Waals surface area contributed by atoms with Crippen molar-refractivity contribution >= 4 is 0 Å². The van der Waals surface area contributed by atoms with Crippen LogP contribution in [-0.4, -0.2) is 29.0 Å². The molecule has 0 saturated carbocycles. The first-order chi connectivity index (χ1) is 12.2. The Bertz CT molecular complexity index is 849. The van der Waals surface area contributed by atoms with Crippen LogP contribution in [0.15, 0.2) is 65.3 Å². The second kappa shape index (κ2) is 6.78. The maximum atomic E-state index is 13.3. The number of aromatic nitrogens is 1. The molecule has 2 atom stereocenters. The minimum atomic E-state index is -0.298. The van der Waals surface area contributed by atoms with Crippen LogP contribution in [0.5, 0.6) is 0 Å². The molecule has 5 heteroatoms. The quantitative estimate of drug-likeness (QED) is 0.793. The van der Waals surface area contributed by atoms with Gasteiger partial charge in [0.2, 0.25) is 5.89 Å². The average molecular weight is 337 g/mol. The van der Waals surface area contributed by atoms with E-state index in [0.717, 1.165) is 18.8 Å². The smallest absolute Gasteiger partial charge is 0.226 e. The summed E-state index contributed by atoms with van der Waals surface area (Å²) >= 11 is 0. The number of benzene rings is 2. The predicted octanol–water partition coefficient (Wildman–Crippen LogP) is 3.41. The van der Waals surface area contributed by atoms with Gasteiger partial charge in [-0.2, -0.15) is 0 Å². The Morgan fingerprint density at radius 2 is 1.96 bits per heavy atom. The standard InChI is InChI=1S/C20H20FN3O/c21-16-8-4-7-15(9-16)20-23-17(13-25-20)10-24-11-18(19(22)12-24)14-5-2-1-3-6-14/h1-9,13,18-19H,10-12,22H2/t18-,19+/m0/s1. The number of oxazole rings is 1. The normalized spacial score (nSPS) is 20.9. The van der Waals surface area contributed by atoms with Gasteiger partial charge < -0.3 is 10.2 Å². The molecular weight excluding hydrogens is 317 g/mol. The van der Waals surface area contributed by atoms with Crippen molar-refractivity contribution in [2.75, 3.05) is 13.1 Å². The molecule has 1 aliphatic rings. The molecule has 25 heavy (non-hydrogen) atoms. The summed E-state index contributed by atoms with van der Waals surface area (Å²) < 4.78 is 18.9. The number of likely N-dealkylation sites (tertiary alicyclic amines) is 1. The molecule has 1 saturated heterocycles. The summed E-state index contributed by atoms with van der Waals surface area (Å²) in [6, 6.07) is 16.8. The highest BCUT2D eigenvalue weighted by atomic mass is 19.1. The zero-order chi connectivity index (χ0) is 17.2. The predicted molar refractivity (Wildman–Crippen MR) is 94.3 cm³/mol. The molecule has 1 aliphatic heterocycles. The summed E-state index contributed by atoms with van der Waals surface area (Å²) in [5, 5.41) is 0. The van der Waals surface area contributed by atoms with Gasteiger partial charge in [0, 0.05) is 37.2 Å². The van der Waals surface area contributed by atoms with Crippen LogP contribution < -0.4 is 5.73 Å². The molecule has 4 rings (SSSR count). The van der Waals surface area contributed by atoms with E-state index < -0.39 is 0 Å². The summed E-state index contributed by atoms with van der Waals surface area (Å²) in [6.45, 7) is 2.39. The summed E-state index contributed by atoms with van der Waals surface area (Å²) in [5.74, 6) is 0.474. The van der Waals surface area contributed by atoms with Crippen LogP contribution in [0.3, 0.4) is 0 Å². The van der Waals surface area contributed by atoms with Crippen LogP contribution in [0.1, 0.15) is 17.2 Å². The molecule has 0 radical (unpaired) electrons. The number of rotatable bonds is 4. The van der Waals surface area contributed by atoms with Crippen molar-refractivity contribution in [3.8, 4) is 11.5 Å². The lowest BCUT2D eigenvalue weighted by Crippen LogP contribution is -2.28. The molecule has 0 aliphatic carbocycles. The van der Waals surface area contributed by atoms with Gasteiger partial charge in [0.1, 0.15) is 12.1 Å². The lowest BCUT2D eigenvalue weighted by atomic mass is 9.95. The molecule has 0 bridgehead atoms. The van der Waals surface area contributed by atoms with Gasteiger partial charge in [-0.3, -0.25) is 4.90 Å². The summed E-state index contributed by atoms with van der Waals surface area (Å²) in [5.41, 5.74) is 9.10. The average Bonchev–Trinajstić information content (AvgIpc) is 3.23. The van der Waals surface area contributed by atoms with Crippen LogP contribution in [0.4, 0.5) is 4.39 Å². The van der Waals surface area contributed by atoms with E-state index in [2.05, 4.69) is 22.0 Å². The molecule has 2 N–H and O–H groups in total. The van der Waals surface area contributed by atoms with E-state index in [1.54, 1.807) is 18.4 Å². The first-order valence-electron chi connectivity index (χ1n) is 8.42. The van der Waals surface area contributed by atoms with Crippen molar-refractivity contribution in [2.45, 2.75) is 18.5 Å². The fourth-order valence-electron chi connectivity index (χ4n) is 3.46. The van der Waals surface area contributed by atoms with Gasteiger partial charge in [-0.25, -0.2) is 9.37 Å².